The Labute approximate surface area is 155 Å². The molecule has 0 bridgehead atoms. The fourth-order valence-electron chi connectivity index (χ4n) is 2.69. The minimum Gasteiger partial charge on any atom is -0.377 e. The molecule has 1 aromatic heterocycles. The molecule has 2 aromatic carbocycles. The molecule has 126 valence electrons. The van der Waals surface area contributed by atoms with Crippen molar-refractivity contribution in [2.75, 3.05) is 19.0 Å². The molecule has 0 radical (unpaired) electrons. The molecule has 3 rings (SSSR count). The SMILES string of the molecule is Cc1cc2nc(/C(C#N)=C/c3ccc(N(C)C)c(Br)c3)[nH]c2cc1C. The first-order valence-corrected chi connectivity index (χ1v) is 8.74. The van der Waals surface area contributed by atoms with Crippen molar-refractivity contribution in [3.05, 3.63) is 57.3 Å². The number of rotatable bonds is 3. The van der Waals surface area contributed by atoms with Gasteiger partial charge in [-0.3, -0.25) is 0 Å². The monoisotopic (exact) mass is 394 g/mol. The number of imidazole rings is 1. The maximum Gasteiger partial charge on any atom is 0.149 e. The molecule has 0 aliphatic heterocycles. The second kappa shape index (κ2) is 6.73. The van der Waals surface area contributed by atoms with E-state index in [1.165, 1.54) is 11.1 Å². The number of allylic oxidation sites excluding steroid dienone is 1. The molecule has 0 aliphatic rings. The number of nitriles is 1. The molecule has 25 heavy (non-hydrogen) atoms. The first kappa shape index (κ1) is 17.2. The molecule has 0 fully saturated rings. The van der Waals surface area contributed by atoms with Gasteiger partial charge in [-0.15, -0.1) is 0 Å². The number of hydrogen-bond acceptors (Lipinski definition) is 3. The summed E-state index contributed by atoms with van der Waals surface area (Å²) in [6.45, 7) is 4.13. The fourth-order valence-corrected chi connectivity index (χ4v) is 3.44. The van der Waals surface area contributed by atoms with Crippen LogP contribution in [0.5, 0.6) is 0 Å². The average molecular weight is 395 g/mol. The zero-order valence-corrected chi connectivity index (χ0v) is 16.3. The van der Waals surface area contributed by atoms with Gasteiger partial charge in [0.05, 0.1) is 22.3 Å². The standard InChI is InChI=1S/C20H19BrN4/c1-12-7-17-18(8-13(12)2)24-20(23-17)15(11-22)9-14-5-6-19(25(3)4)16(21)10-14/h5-10H,1-4H3,(H,23,24)/b15-9+. The lowest BCUT2D eigenvalue weighted by Gasteiger charge is -2.14. The molecule has 5 heteroatoms. The van der Waals surface area contributed by atoms with Crippen molar-refractivity contribution in [1.29, 1.82) is 5.26 Å². The highest BCUT2D eigenvalue weighted by Gasteiger charge is 2.10. The van der Waals surface area contributed by atoms with Crippen LogP contribution in [-0.2, 0) is 0 Å². The van der Waals surface area contributed by atoms with Gasteiger partial charge >= 0.3 is 0 Å². The van der Waals surface area contributed by atoms with E-state index in [0.29, 0.717) is 11.4 Å². The van der Waals surface area contributed by atoms with E-state index in [0.717, 1.165) is 26.8 Å². The molecular formula is C20H19BrN4. The van der Waals surface area contributed by atoms with Crippen LogP contribution in [-0.4, -0.2) is 24.1 Å². The number of benzene rings is 2. The Balaban J connectivity index is 2.04. The number of aromatic nitrogens is 2. The summed E-state index contributed by atoms with van der Waals surface area (Å²) >= 11 is 3.58. The number of hydrogen-bond donors (Lipinski definition) is 1. The third-order valence-electron chi connectivity index (χ3n) is 4.24. The third-order valence-corrected chi connectivity index (χ3v) is 4.87. The molecule has 4 nitrogen and oxygen atoms in total. The Kier molecular flexibility index (Phi) is 4.65. The van der Waals surface area contributed by atoms with E-state index in [9.17, 15) is 5.26 Å². The minimum atomic E-state index is 0.510. The smallest absolute Gasteiger partial charge is 0.149 e. The summed E-state index contributed by atoms with van der Waals surface area (Å²) in [5.74, 6) is 0.593. The Hall–Kier alpha value is -2.58. The number of nitrogens with one attached hydrogen (secondary N) is 1. The van der Waals surface area contributed by atoms with Gasteiger partial charge in [0.25, 0.3) is 0 Å². The minimum absolute atomic E-state index is 0.510. The van der Waals surface area contributed by atoms with Gasteiger partial charge in [-0.2, -0.15) is 5.26 Å². The number of fused-ring (bicyclic) bond motifs is 1. The molecule has 0 saturated heterocycles. The summed E-state index contributed by atoms with van der Waals surface area (Å²) in [6, 6.07) is 12.4. The molecule has 0 aliphatic carbocycles. The van der Waals surface area contributed by atoms with E-state index in [1.807, 2.05) is 49.3 Å². The van der Waals surface area contributed by atoms with Crippen molar-refractivity contribution in [1.82, 2.24) is 9.97 Å². The third kappa shape index (κ3) is 3.45. The van der Waals surface area contributed by atoms with Crippen LogP contribution in [0.4, 0.5) is 5.69 Å². The zero-order valence-electron chi connectivity index (χ0n) is 14.7. The molecule has 3 aromatic rings. The zero-order chi connectivity index (χ0) is 18.1. The summed E-state index contributed by atoms with van der Waals surface area (Å²) < 4.78 is 0.986. The number of halogens is 1. The summed E-state index contributed by atoms with van der Waals surface area (Å²) in [4.78, 5) is 9.88. The lowest BCUT2D eigenvalue weighted by Crippen LogP contribution is -2.09. The number of nitrogens with zero attached hydrogens (tertiary/aromatic N) is 3. The van der Waals surface area contributed by atoms with Crippen molar-refractivity contribution in [2.45, 2.75) is 13.8 Å². The normalized spacial score (nSPS) is 11.6. The number of H-pyrrole nitrogens is 1. The van der Waals surface area contributed by atoms with Gasteiger partial charge in [-0.1, -0.05) is 6.07 Å². The van der Waals surface area contributed by atoms with Crippen molar-refractivity contribution in [2.24, 2.45) is 0 Å². The summed E-state index contributed by atoms with van der Waals surface area (Å²) in [5, 5.41) is 9.59. The van der Waals surface area contributed by atoms with Crippen LogP contribution < -0.4 is 4.90 Å². The number of aryl methyl sites for hydroxylation is 2. The predicted molar refractivity (Wildman–Crippen MR) is 108 cm³/mol. The second-order valence-electron chi connectivity index (χ2n) is 6.31. The van der Waals surface area contributed by atoms with Gasteiger partial charge in [0.2, 0.25) is 0 Å². The lowest BCUT2D eigenvalue weighted by molar-refractivity contribution is 1.12. The Bertz CT molecular complexity index is 983. The highest BCUT2D eigenvalue weighted by atomic mass is 79.9. The lowest BCUT2D eigenvalue weighted by atomic mass is 10.1. The van der Waals surface area contributed by atoms with Crippen LogP contribution in [0.3, 0.4) is 0 Å². The topological polar surface area (TPSA) is 55.7 Å². The van der Waals surface area contributed by atoms with Gasteiger partial charge in [-0.25, -0.2) is 4.98 Å². The number of aromatic amines is 1. The van der Waals surface area contributed by atoms with E-state index >= 15 is 0 Å². The first-order valence-electron chi connectivity index (χ1n) is 7.95. The first-order chi connectivity index (χ1) is 11.9. The highest BCUT2D eigenvalue weighted by molar-refractivity contribution is 9.10. The number of anilines is 1. The molecule has 0 amide bonds. The van der Waals surface area contributed by atoms with Crippen molar-refractivity contribution in [3.8, 4) is 6.07 Å². The molecule has 0 spiro atoms. The highest BCUT2D eigenvalue weighted by Crippen LogP contribution is 2.28. The van der Waals surface area contributed by atoms with Crippen LogP contribution in [0, 0.1) is 25.2 Å². The molecular weight excluding hydrogens is 376 g/mol. The van der Waals surface area contributed by atoms with Gasteiger partial charge in [0.15, 0.2) is 0 Å². The van der Waals surface area contributed by atoms with E-state index in [2.05, 4.69) is 51.9 Å². The molecule has 0 atom stereocenters. The predicted octanol–water partition coefficient (Wildman–Crippen LogP) is 5.07. The Morgan fingerprint density at radius 1 is 1.20 bits per heavy atom. The second-order valence-corrected chi connectivity index (χ2v) is 7.17. The van der Waals surface area contributed by atoms with Gasteiger partial charge in [0.1, 0.15) is 11.9 Å². The maximum absolute atomic E-state index is 9.59. The van der Waals surface area contributed by atoms with E-state index in [1.54, 1.807) is 0 Å². The van der Waals surface area contributed by atoms with Gasteiger partial charge < -0.3 is 9.88 Å². The van der Waals surface area contributed by atoms with E-state index in [4.69, 9.17) is 0 Å². The van der Waals surface area contributed by atoms with Crippen LogP contribution in [0.15, 0.2) is 34.8 Å². The van der Waals surface area contributed by atoms with Crippen molar-refractivity contribution >= 4 is 44.3 Å². The Morgan fingerprint density at radius 3 is 2.56 bits per heavy atom. The van der Waals surface area contributed by atoms with Crippen molar-refractivity contribution in [3.63, 3.8) is 0 Å². The van der Waals surface area contributed by atoms with Crippen LogP contribution in [0.2, 0.25) is 0 Å². The van der Waals surface area contributed by atoms with Gasteiger partial charge in [-0.05, 0) is 76.8 Å². The summed E-state index contributed by atoms with van der Waals surface area (Å²) in [7, 11) is 3.99. The van der Waals surface area contributed by atoms with E-state index < -0.39 is 0 Å². The Morgan fingerprint density at radius 2 is 1.92 bits per heavy atom. The largest absolute Gasteiger partial charge is 0.377 e. The fraction of sp³-hybridized carbons (Fsp3) is 0.200. The average Bonchev–Trinajstić information content (AvgIpc) is 2.95. The quantitative estimate of drug-likeness (QED) is 0.630. The summed E-state index contributed by atoms with van der Waals surface area (Å²) in [6.07, 6.45) is 1.85. The van der Waals surface area contributed by atoms with Crippen LogP contribution >= 0.6 is 15.9 Å². The molecule has 1 N–H and O–H groups in total. The van der Waals surface area contributed by atoms with Gasteiger partial charge in [0, 0.05) is 18.6 Å². The van der Waals surface area contributed by atoms with Crippen molar-refractivity contribution < 1.29 is 0 Å². The summed E-state index contributed by atoms with van der Waals surface area (Å²) in [5.41, 5.74) is 6.76. The van der Waals surface area contributed by atoms with Crippen LogP contribution in [0.25, 0.3) is 22.7 Å². The molecule has 0 saturated carbocycles. The molecule has 0 unspecified atom stereocenters. The van der Waals surface area contributed by atoms with Crippen LogP contribution in [0.1, 0.15) is 22.5 Å². The maximum atomic E-state index is 9.59. The van der Waals surface area contributed by atoms with E-state index in [-0.39, 0.29) is 0 Å². The molecule has 1 heterocycles.